The van der Waals surface area contributed by atoms with Crippen molar-refractivity contribution in [1.82, 2.24) is 15.0 Å². The Hall–Kier alpha value is -3.54. The first kappa shape index (κ1) is 16.0. The summed E-state index contributed by atoms with van der Waals surface area (Å²) in [4.78, 5) is 26.3. The first-order chi connectivity index (χ1) is 12.6. The van der Waals surface area contributed by atoms with Crippen LogP contribution < -0.4 is 4.90 Å². The van der Waals surface area contributed by atoms with Crippen molar-refractivity contribution in [3.63, 3.8) is 0 Å². The van der Waals surface area contributed by atoms with Crippen molar-refractivity contribution in [2.45, 2.75) is 0 Å². The highest BCUT2D eigenvalue weighted by molar-refractivity contribution is 6.12. The number of carbonyl (C=O) groups excluding carboxylic acids is 1. The number of amides is 1. The average molecular weight is 346 g/mol. The van der Waals surface area contributed by atoms with E-state index in [2.05, 4.69) is 15.0 Å². The number of hydrogen-bond donors (Lipinski definition) is 1. The van der Waals surface area contributed by atoms with Crippen LogP contribution in [0, 0.1) is 5.82 Å². The van der Waals surface area contributed by atoms with Crippen molar-refractivity contribution >= 4 is 22.8 Å². The fourth-order valence-corrected chi connectivity index (χ4v) is 2.78. The third kappa shape index (κ3) is 2.82. The van der Waals surface area contributed by atoms with Crippen LogP contribution in [0.5, 0.6) is 0 Å². The van der Waals surface area contributed by atoms with Gasteiger partial charge in [-0.15, -0.1) is 0 Å². The highest BCUT2D eigenvalue weighted by Crippen LogP contribution is 2.24. The van der Waals surface area contributed by atoms with Gasteiger partial charge in [0.15, 0.2) is 5.65 Å². The van der Waals surface area contributed by atoms with Crippen LogP contribution in [0.15, 0.2) is 66.9 Å². The summed E-state index contributed by atoms with van der Waals surface area (Å²) in [6.07, 6.45) is 1.56. The van der Waals surface area contributed by atoms with Crippen LogP contribution in [0.2, 0.25) is 0 Å². The normalized spacial score (nSPS) is 10.8. The molecule has 0 atom stereocenters. The Morgan fingerprint density at radius 1 is 1.04 bits per heavy atom. The van der Waals surface area contributed by atoms with E-state index in [0.717, 1.165) is 11.3 Å². The number of nitrogens with zero attached hydrogens (tertiary/aromatic N) is 3. The minimum absolute atomic E-state index is 0.169. The second-order valence-corrected chi connectivity index (χ2v) is 5.85. The molecule has 26 heavy (non-hydrogen) atoms. The molecule has 0 aliphatic heterocycles. The molecule has 6 heteroatoms. The number of H-pyrrole nitrogens is 1. The second-order valence-electron chi connectivity index (χ2n) is 5.85. The molecule has 128 valence electrons. The number of pyridine rings is 1. The second kappa shape index (κ2) is 6.40. The number of benzene rings is 2. The summed E-state index contributed by atoms with van der Waals surface area (Å²) >= 11 is 0. The number of anilines is 1. The van der Waals surface area contributed by atoms with Crippen LogP contribution in [-0.4, -0.2) is 27.9 Å². The molecule has 0 aliphatic carbocycles. The lowest BCUT2D eigenvalue weighted by molar-refractivity contribution is 0.0994. The number of imidazole rings is 1. The van der Waals surface area contributed by atoms with Gasteiger partial charge in [0, 0.05) is 24.5 Å². The van der Waals surface area contributed by atoms with E-state index in [1.54, 1.807) is 36.3 Å². The summed E-state index contributed by atoms with van der Waals surface area (Å²) in [5.41, 5.74) is 2.98. The van der Waals surface area contributed by atoms with Gasteiger partial charge < -0.3 is 9.88 Å². The zero-order chi connectivity index (χ0) is 18.1. The van der Waals surface area contributed by atoms with Gasteiger partial charge >= 0.3 is 0 Å². The molecule has 0 aliphatic rings. The Morgan fingerprint density at radius 2 is 1.77 bits per heavy atom. The van der Waals surface area contributed by atoms with E-state index in [0.29, 0.717) is 22.6 Å². The maximum absolute atomic E-state index is 13.1. The molecule has 0 saturated carbocycles. The molecule has 0 saturated heterocycles. The van der Waals surface area contributed by atoms with E-state index in [1.807, 2.05) is 30.3 Å². The van der Waals surface area contributed by atoms with E-state index in [4.69, 9.17) is 0 Å². The smallest absolute Gasteiger partial charge is 0.260 e. The van der Waals surface area contributed by atoms with Crippen LogP contribution in [-0.2, 0) is 0 Å². The molecule has 2 aromatic carbocycles. The van der Waals surface area contributed by atoms with Crippen LogP contribution in [0.3, 0.4) is 0 Å². The molecule has 2 heterocycles. The van der Waals surface area contributed by atoms with Crippen molar-refractivity contribution in [2.24, 2.45) is 0 Å². The first-order valence-corrected chi connectivity index (χ1v) is 8.07. The molecule has 4 aromatic rings. The largest absolute Gasteiger partial charge is 0.336 e. The molecule has 1 N–H and O–H groups in total. The quantitative estimate of drug-likeness (QED) is 0.609. The molecule has 0 unspecified atom stereocenters. The summed E-state index contributed by atoms with van der Waals surface area (Å²) in [5, 5.41) is 0. The number of halogens is 1. The zero-order valence-corrected chi connectivity index (χ0v) is 14.0. The molecular formula is C20H15FN4O. The maximum atomic E-state index is 13.1. The number of rotatable bonds is 3. The van der Waals surface area contributed by atoms with E-state index in [9.17, 15) is 9.18 Å². The Bertz CT molecular complexity index is 1070. The van der Waals surface area contributed by atoms with Crippen molar-refractivity contribution in [2.75, 3.05) is 11.9 Å². The fraction of sp³-hybridized carbons (Fsp3) is 0.0500. The van der Waals surface area contributed by atoms with Gasteiger partial charge in [0.1, 0.15) is 11.6 Å². The van der Waals surface area contributed by atoms with Crippen molar-refractivity contribution in [3.05, 3.63) is 78.2 Å². The van der Waals surface area contributed by atoms with Gasteiger partial charge in [-0.05, 0) is 42.5 Å². The van der Waals surface area contributed by atoms with Gasteiger partial charge in [0.05, 0.1) is 11.1 Å². The SMILES string of the molecule is CN(C(=O)c1ccnc2nc(-c3ccc(F)cc3)[nH]c12)c1ccccc1. The molecule has 4 rings (SSSR count). The molecule has 2 aromatic heterocycles. The van der Waals surface area contributed by atoms with Crippen molar-refractivity contribution < 1.29 is 9.18 Å². The van der Waals surface area contributed by atoms with Crippen molar-refractivity contribution in [3.8, 4) is 11.4 Å². The first-order valence-electron chi connectivity index (χ1n) is 8.07. The molecule has 0 fully saturated rings. The predicted octanol–water partition coefficient (Wildman–Crippen LogP) is 4.04. The van der Waals surface area contributed by atoms with Crippen LogP contribution in [0.1, 0.15) is 10.4 Å². The fourth-order valence-electron chi connectivity index (χ4n) is 2.78. The number of carbonyl (C=O) groups is 1. The Balaban J connectivity index is 1.76. The monoisotopic (exact) mass is 346 g/mol. The summed E-state index contributed by atoms with van der Waals surface area (Å²) < 4.78 is 13.1. The van der Waals surface area contributed by atoms with E-state index >= 15 is 0 Å². The van der Waals surface area contributed by atoms with Crippen LogP contribution >= 0.6 is 0 Å². The number of aromatic amines is 1. The third-order valence-electron chi connectivity index (χ3n) is 4.19. The molecular weight excluding hydrogens is 331 g/mol. The molecule has 5 nitrogen and oxygen atoms in total. The average Bonchev–Trinajstić information content (AvgIpc) is 3.12. The lowest BCUT2D eigenvalue weighted by atomic mass is 10.2. The minimum atomic E-state index is -0.316. The number of hydrogen-bond acceptors (Lipinski definition) is 3. The Kier molecular flexibility index (Phi) is 3.93. The predicted molar refractivity (Wildman–Crippen MR) is 98.5 cm³/mol. The number of aromatic nitrogens is 3. The Morgan fingerprint density at radius 3 is 2.50 bits per heavy atom. The van der Waals surface area contributed by atoms with Gasteiger partial charge in [-0.25, -0.2) is 14.4 Å². The number of fused-ring (bicyclic) bond motifs is 1. The molecule has 0 radical (unpaired) electrons. The highest BCUT2D eigenvalue weighted by atomic mass is 19.1. The molecule has 1 amide bonds. The van der Waals surface area contributed by atoms with Gasteiger partial charge in [0.25, 0.3) is 5.91 Å². The maximum Gasteiger partial charge on any atom is 0.260 e. The number of nitrogens with one attached hydrogen (secondary N) is 1. The van der Waals surface area contributed by atoms with E-state index < -0.39 is 0 Å². The highest BCUT2D eigenvalue weighted by Gasteiger charge is 2.19. The zero-order valence-electron chi connectivity index (χ0n) is 14.0. The van der Waals surface area contributed by atoms with Gasteiger partial charge in [-0.3, -0.25) is 4.79 Å². The summed E-state index contributed by atoms with van der Waals surface area (Å²) in [5.74, 6) is 0.0522. The summed E-state index contributed by atoms with van der Waals surface area (Å²) in [6, 6.07) is 17.0. The lowest BCUT2D eigenvalue weighted by Crippen LogP contribution is -2.26. The van der Waals surface area contributed by atoms with Crippen LogP contribution in [0.4, 0.5) is 10.1 Å². The number of para-hydroxylation sites is 1. The van der Waals surface area contributed by atoms with Crippen LogP contribution in [0.25, 0.3) is 22.6 Å². The van der Waals surface area contributed by atoms with E-state index in [-0.39, 0.29) is 11.7 Å². The third-order valence-corrected chi connectivity index (χ3v) is 4.19. The molecule has 0 spiro atoms. The minimum Gasteiger partial charge on any atom is -0.336 e. The topological polar surface area (TPSA) is 61.9 Å². The van der Waals surface area contributed by atoms with Gasteiger partial charge in [0.2, 0.25) is 0 Å². The van der Waals surface area contributed by atoms with E-state index in [1.165, 1.54) is 12.1 Å². The van der Waals surface area contributed by atoms with Crippen molar-refractivity contribution in [1.29, 1.82) is 0 Å². The summed E-state index contributed by atoms with van der Waals surface area (Å²) in [6.45, 7) is 0. The Labute approximate surface area is 149 Å². The lowest BCUT2D eigenvalue weighted by Gasteiger charge is -2.17. The molecule has 0 bridgehead atoms. The standard InChI is InChI=1S/C20H15FN4O/c1-25(15-5-3-2-4-6-15)20(26)16-11-12-22-19-17(16)23-18(24-19)13-7-9-14(21)10-8-13/h2-12H,1H3,(H,22,23,24). The van der Waals surface area contributed by atoms with Gasteiger partial charge in [-0.2, -0.15) is 0 Å². The van der Waals surface area contributed by atoms with Gasteiger partial charge in [-0.1, -0.05) is 18.2 Å². The summed E-state index contributed by atoms with van der Waals surface area (Å²) in [7, 11) is 1.72.